The Morgan fingerprint density at radius 1 is 1.20 bits per heavy atom. The van der Waals surface area contributed by atoms with Crippen molar-refractivity contribution in [3.63, 3.8) is 0 Å². The number of carbonyl (C=O) groups is 1. The molecule has 1 aliphatic rings. The summed E-state index contributed by atoms with van der Waals surface area (Å²) in [5, 5.41) is 26.4. The summed E-state index contributed by atoms with van der Waals surface area (Å²) in [5.74, 6) is -1.27. The maximum absolute atomic E-state index is 11.7. The molecule has 11 heteroatoms. The molecule has 5 rings (SSSR count). The smallest absolute Gasteiger partial charge is 0.357 e. The Balaban J connectivity index is 1.71. The average Bonchev–Trinajstić information content (AvgIpc) is 3.30. The van der Waals surface area contributed by atoms with E-state index >= 15 is 0 Å². The zero-order valence-electron chi connectivity index (χ0n) is 14.9. The summed E-state index contributed by atoms with van der Waals surface area (Å²) >= 11 is 13.7. The maximum atomic E-state index is 11.7. The Kier molecular flexibility index (Phi) is 4.28. The molecule has 1 N–H and O–H groups in total. The molecule has 30 heavy (non-hydrogen) atoms. The summed E-state index contributed by atoms with van der Waals surface area (Å²) in [6.45, 7) is 0. The first-order valence-electron chi connectivity index (χ1n) is 8.72. The van der Waals surface area contributed by atoms with E-state index in [1.807, 2.05) is 6.07 Å². The SMILES string of the molecule is O=C(O)c1nn(-c2nc3c(s2)CCc2cc(Cl)c(Cl)cc2-3)c2ccc([N+](=O)[O-])cc12. The highest BCUT2D eigenvalue weighted by atomic mass is 35.5. The van der Waals surface area contributed by atoms with Crippen LogP contribution in [0.15, 0.2) is 30.3 Å². The monoisotopic (exact) mass is 460 g/mol. The molecule has 2 aromatic heterocycles. The van der Waals surface area contributed by atoms with Gasteiger partial charge in [-0.05, 0) is 36.6 Å². The quantitative estimate of drug-likeness (QED) is 0.333. The van der Waals surface area contributed by atoms with Gasteiger partial charge in [0.25, 0.3) is 5.69 Å². The van der Waals surface area contributed by atoms with Crippen molar-refractivity contribution in [1.82, 2.24) is 14.8 Å². The fourth-order valence-electron chi connectivity index (χ4n) is 3.60. The number of aromatic nitrogens is 3. The van der Waals surface area contributed by atoms with E-state index in [9.17, 15) is 20.0 Å². The molecule has 0 radical (unpaired) electrons. The van der Waals surface area contributed by atoms with Crippen molar-refractivity contribution in [3.05, 3.63) is 66.6 Å². The van der Waals surface area contributed by atoms with Gasteiger partial charge in [-0.25, -0.2) is 14.5 Å². The van der Waals surface area contributed by atoms with Crippen LogP contribution < -0.4 is 0 Å². The molecule has 0 spiro atoms. The second-order valence-electron chi connectivity index (χ2n) is 6.72. The van der Waals surface area contributed by atoms with Crippen LogP contribution in [0.25, 0.3) is 27.3 Å². The predicted molar refractivity (Wildman–Crippen MR) is 113 cm³/mol. The van der Waals surface area contributed by atoms with Gasteiger partial charge in [0.15, 0.2) is 5.69 Å². The predicted octanol–water partition coefficient (Wildman–Crippen LogP) is 5.16. The van der Waals surface area contributed by atoms with Gasteiger partial charge in [0.05, 0.1) is 26.2 Å². The van der Waals surface area contributed by atoms with Crippen LogP contribution >= 0.6 is 34.5 Å². The zero-order valence-corrected chi connectivity index (χ0v) is 17.3. The number of fused-ring (bicyclic) bond motifs is 4. The van der Waals surface area contributed by atoms with Gasteiger partial charge in [0.2, 0.25) is 5.13 Å². The number of hydrogen-bond donors (Lipinski definition) is 1. The molecular weight excluding hydrogens is 451 g/mol. The third kappa shape index (κ3) is 2.85. The highest BCUT2D eigenvalue weighted by molar-refractivity contribution is 7.14. The molecule has 0 fully saturated rings. The number of thiazole rings is 1. The van der Waals surface area contributed by atoms with Crippen LogP contribution in [-0.4, -0.2) is 30.8 Å². The van der Waals surface area contributed by atoms with E-state index in [0.29, 0.717) is 20.7 Å². The number of non-ortho nitro benzene ring substituents is 1. The normalized spacial score (nSPS) is 12.6. The van der Waals surface area contributed by atoms with Crippen LogP contribution in [-0.2, 0) is 12.8 Å². The van der Waals surface area contributed by atoms with Crippen LogP contribution in [0, 0.1) is 10.1 Å². The second-order valence-corrected chi connectivity index (χ2v) is 8.59. The molecule has 0 atom stereocenters. The Morgan fingerprint density at radius 3 is 2.70 bits per heavy atom. The van der Waals surface area contributed by atoms with Gasteiger partial charge in [-0.1, -0.05) is 34.5 Å². The summed E-state index contributed by atoms with van der Waals surface area (Å²) in [6.07, 6.45) is 1.54. The lowest BCUT2D eigenvalue weighted by Gasteiger charge is -2.15. The topological polar surface area (TPSA) is 111 Å². The van der Waals surface area contributed by atoms with E-state index in [1.54, 1.807) is 6.07 Å². The van der Waals surface area contributed by atoms with E-state index in [-0.39, 0.29) is 16.8 Å². The summed E-state index contributed by atoms with van der Waals surface area (Å²) in [6, 6.07) is 7.64. The van der Waals surface area contributed by atoms with Crippen molar-refractivity contribution in [3.8, 4) is 16.4 Å². The zero-order chi connectivity index (χ0) is 21.2. The van der Waals surface area contributed by atoms with Gasteiger partial charge in [-0.15, -0.1) is 0 Å². The molecule has 0 amide bonds. The number of carboxylic acid groups (broad SMARTS) is 1. The lowest BCUT2D eigenvalue weighted by atomic mass is 9.93. The largest absolute Gasteiger partial charge is 0.476 e. The lowest BCUT2D eigenvalue weighted by molar-refractivity contribution is -0.384. The number of aryl methyl sites for hydroxylation is 2. The standard InChI is InChI=1S/C19H10Cl2N4O4S/c20-12-5-8-1-4-15-16(10(8)7-13(12)21)22-19(30-15)24-14-3-2-9(25(28)29)6-11(14)17(23-24)18(26)27/h2-3,5-7H,1,4H2,(H,26,27). The van der Waals surface area contributed by atoms with Crippen LogP contribution in [0.5, 0.6) is 0 Å². The van der Waals surface area contributed by atoms with Gasteiger partial charge in [-0.3, -0.25) is 10.1 Å². The Hall–Kier alpha value is -3.01. The van der Waals surface area contributed by atoms with Crippen molar-refractivity contribution in [2.75, 3.05) is 0 Å². The van der Waals surface area contributed by atoms with Crippen molar-refractivity contribution in [1.29, 1.82) is 0 Å². The van der Waals surface area contributed by atoms with Crippen molar-refractivity contribution >= 4 is 57.1 Å². The summed E-state index contributed by atoms with van der Waals surface area (Å²) in [7, 11) is 0. The molecule has 0 saturated heterocycles. The molecule has 2 heterocycles. The van der Waals surface area contributed by atoms with E-state index < -0.39 is 10.9 Å². The first-order valence-corrected chi connectivity index (χ1v) is 10.3. The lowest BCUT2D eigenvalue weighted by Crippen LogP contribution is -2.02. The molecule has 2 aromatic carbocycles. The number of aromatic carboxylic acids is 1. The highest BCUT2D eigenvalue weighted by Crippen LogP contribution is 2.41. The fraction of sp³-hybridized carbons (Fsp3) is 0.105. The van der Waals surface area contributed by atoms with Crippen LogP contribution in [0.1, 0.15) is 20.9 Å². The van der Waals surface area contributed by atoms with E-state index in [1.165, 1.54) is 34.2 Å². The number of nitro benzene ring substituents is 1. The Morgan fingerprint density at radius 2 is 1.97 bits per heavy atom. The molecule has 0 saturated carbocycles. The number of nitrogens with zero attached hydrogens (tertiary/aromatic N) is 4. The van der Waals surface area contributed by atoms with Crippen molar-refractivity contribution in [2.24, 2.45) is 0 Å². The van der Waals surface area contributed by atoms with Gasteiger partial charge < -0.3 is 5.11 Å². The first-order chi connectivity index (χ1) is 14.3. The number of nitro groups is 1. The maximum Gasteiger partial charge on any atom is 0.357 e. The number of benzene rings is 2. The van der Waals surface area contributed by atoms with Crippen molar-refractivity contribution < 1.29 is 14.8 Å². The second kappa shape index (κ2) is 6.76. The van der Waals surface area contributed by atoms with E-state index in [2.05, 4.69) is 5.10 Å². The summed E-state index contributed by atoms with van der Waals surface area (Å²) in [4.78, 5) is 27.9. The van der Waals surface area contributed by atoms with E-state index in [0.717, 1.165) is 34.5 Å². The molecule has 0 bridgehead atoms. The highest BCUT2D eigenvalue weighted by Gasteiger charge is 2.26. The van der Waals surface area contributed by atoms with Gasteiger partial charge in [-0.2, -0.15) is 5.10 Å². The minimum atomic E-state index is -1.27. The molecule has 0 aliphatic heterocycles. The van der Waals surface area contributed by atoms with Crippen molar-refractivity contribution in [2.45, 2.75) is 12.8 Å². The van der Waals surface area contributed by atoms with E-state index in [4.69, 9.17) is 28.2 Å². The number of hydrogen-bond acceptors (Lipinski definition) is 6. The summed E-state index contributed by atoms with van der Waals surface area (Å²) in [5.41, 5.74) is 2.65. The average molecular weight is 461 g/mol. The first kappa shape index (κ1) is 19.0. The Bertz CT molecular complexity index is 1400. The minimum Gasteiger partial charge on any atom is -0.476 e. The Labute approximate surface area is 182 Å². The summed E-state index contributed by atoms with van der Waals surface area (Å²) < 4.78 is 1.42. The fourth-order valence-corrected chi connectivity index (χ4v) is 4.99. The molecule has 150 valence electrons. The third-order valence-corrected chi connectivity index (χ3v) is 6.78. The third-order valence-electron chi connectivity index (χ3n) is 4.97. The molecule has 4 aromatic rings. The van der Waals surface area contributed by atoms with Gasteiger partial charge >= 0.3 is 5.97 Å². The molecule has 1 aliphatic carbocycles. The van der Waals surface area contributed by atoms with Crippen LogP contribution in [0.3, 0.4) is 0 Å². The number of rotatable bonds is 3. The molecule has 8 nitrogen and oxygen atoms in total. The number of halogens is 2. The molecular formula is C19H10Cl2N4O4S. The number of carboxylic acids is 1. The van der Waals surface area contributed by atoms with Gasteiger partial charge in [0, 0.05) is 28.0 Å². The van der Waals surface area contributed by atoms with Gasteiger partial charge in [0.1, 0.15) is 0 Å². The van der Waals surface area contributed by atoms with Crippen LogP contribution in [0.4, 0.5) is 5.69 Å². The van der Waals surface area contributed by atoms with Crippen LogP contribution in [0.2, 0.25) is 10.0 Å². The minimum absolute atomic E-state index is 0.181. The molecule has 0 unspecified atom stereocenters.